The van der Waals surface area contributed by atoms with Gasteiger partial charge < -0.3 is 5.11 Å². The van der Waals surface area contributed by atoms with Crippen LogP contribution in [0.4, 0.5) is 0 Å². The minimum Gasteiger partial charge on any atom is -0.378 e. The molecule has 1 N–H and O–H groups in total. The van der Waals surface area contributed by atoms with Crippen molar-refractivity contribution >= 4 is 0 Å². The zero-order valence-corrected chi connectivity index (χ0v) is 23.9. The highest BCUT2D eigenvalue weighted by atomic mass is 16.3. The maximum absolute atomic E-state index is 11.5. The Morgan fingerprint density at radius 1 is 0.861 bits per heavy atom. The highest BCUT2D eigenvalue weighted by molar-refractivity contribution is 5.36. The van der Waals surface area contributed by atoms with Gasteiger partial charge in [0.1, 0.15) is 5.60 Å². The number of fused-ring (bicyclic) bond motifs is 5. The van der Waals surface area contributed by atoms with Crippen LogP contribution in [0, 0.1) is 64.1 Å². The van der Waals surface area contributed by atoms with Crippen molar-refractivity contribution in [2.45, 2.75) is 117 Å². The molecule has 0 radical (unpaired) electrons. The molecule has 5 rings (SSSR count). The number of benzene rings is 1. The molecule has 36 heavy (non-hydrogen) atoms. The standard InChI is InChI=1S/C35H52O/c1-25(2)10-9-11-26(3)30-16-17-31-29-15-14-28-24-35(36,21-18-27-12-7-6-8-13-27)23-22-33(28,4)32(29)19-20-34(30,31)5/h6-8,12-13,25-26,28-32,36H,9-11,14-17,19-20,22-24H2,1-5H3/t26-,28+,29-,30-,31+,32-,33+,34-,35-/m1/s1. The van der Waals surface area contributed by atoms with Crippen LogP contribution in [0.2, 0.25) is 0 Å². The van der Waals surface area contributed by atoms with Crippen LogP contribution in [0.15, 0.2) is 30.3 Å². The van der Waals surface area contributed by atoms with Gasteiger partial charge in [0.25, 0.3) is 0 Å². The van der Waals surface area contributed by atoms with Crippen molar-refractivity contribution in [2.24, 2.45) is 52.3 Å². The Hall–Kier alpha value is -1.26. The second kappa shape index (κ2) is 10.1. The second-order valence-electron chi connectivity index (χ2n) is 14.5. The summed E-state index contributed by atoms with van der Waals surface area (Å²) in [5.74, 6) is 12.6. The fourth-order valence-corrected chi connectivity index (χ4v) is 10.1. The van der Waals surface area contributed by atoms with Crippen LogP contribution >= 0.6 is 0 Å². The van der Waals surface area contributed by atoms with E-state index in [2.05, 4.69) is 46.5 Å². The molecule has 1 heteroatoms. The van der Waals surface area contributed by atoms with Gasteiger partial charge in [-0.2, -0.15) is 0 Å². The summed E-state index contributed by atoms with van der Waals surface area (Å²) in [4.78, 5) is 0. The quantitative estimate of drug-likeness (QED) is 0.410. The summed E-state index contributed by atoms with van der Waals surface area (Å²) >= 11 is 0. The monoisotopic (exact) mass is 488 g/mol. The molecule has 4 saturated carbocycles. The predicted molar refractivity (Wildman–Crippen MR) is 151 cm³/mol. The van der Waals surface area contributed by atoms with Gasteiger partial charge in [-0.1, -0.05) is 83.9 Å². The number of hydrogen-bond acceptors (Lipinski definition) is 1. The van der Waals surface area contributed by atoms with Gasteiger partial charge in [-0.05, 0) is 122 Å². The first-order chi connectivity index (χ1) is 17.1. The molecule has 0 aliphatic heterocycles. The molecule has 1 aromatic carbocycles. The van der Waals surface area contributed by atoms with Gasteiger partial charge in [-0.25, -0.2) is 0 Å². The topological polar surface area (TPSA) is 20.2 Å². The molecule has 1 aromatic rings. The molecule has 9 atom stereocenters. The first-order valence-electron chi connectivity index (χ1n) is 15.5. The summed E-state index contributed by atoms with van der Waals surface area (Å²) in [5, 5.41) is 11.5. The SMILES string of the molecule is CC(C)CCC[C@@H](C)[C@H]1CC[C@H]2[C@H]3CC[C@H]4C[C@@](O)(C#Cc5ccccc5)CC[C@]4(C)[C@@H]3CC[C@]12C. The highest BCUT2D eigenvalue weighted by Gasteiger charge is 2.61. The van der Waals surface area contributed by atoms with Crippen molar-refractivity contribution in [1.82, 2.24) is 0 Å². The summed E-state index contributed by atoms with van der Waals surface area (Å²) in [6, 6.07) is 10.2. The molecule has 0 bridgehead atoms. The molecule has 4 fully saturated rings. The van der Waals surface area contributed by atoms with Gasteiger partial charge >= 0.3 is 0 Å². The van der Waals surface area contributed by atoms with Gasteiger partial charge in [0.2, 0.25) is 0 Å². The molecule has 0 unspecified atom stereocenters. The van der Waals surface area contributed by atoms with E-state index in [9.17, 15) is 5.11 Å². The van der Waals surface area contributed by atoms with Crippen LogP contribution in [-0.2, 0) is 0 Å². The van der Waals surface area contributed by atoms with Crippen LogP contribution in [0.1, 0.15) is 117 Å². The number of aliphatic hydroxyl groups is 1. The largest absolute Gasteiger partial charge is 0.378 e. The van der Waals surface area contributed by atoms with E-state index in [-0.39, 0.29) is 0 Å². The van der Waals surface area contributed by atoms with Crippen LogP contribution in [0.3, 0.4) is 0 Å². The van der Waals surface area contributed by atoms with Crippen LogP contribution in [0.25, 0.3) is 0 Å². The smallest absolute Gasteiger partial charge is 0.126 e. The van der Waals surface area contributed by atoms with E-state index in [4.69, 9.17) is 0 Å². The number of rotatable bonds is 5. The summed E-state index contributed by atoms with van der Waals surface area (Å²) in [7, 11) is 0. The summed E-state index contributed by atoms with van der Waals surface area (Å²) in [6.07, 6.45) is 15.6. The zero-order chi connectivity index (χ0) is 25.6. The van der Waals surface area contributed by atoms with Crippen LogP contribution in [0.5, 0.6) is 0 Å². The van der Waals surface area contributed by atoms with Gasteiger partial charge in [0.15, 0.2) is 0 Å². The Labute approximate surface area is 222 Å². The third kappa shape index (κ3) is 4.82. The van der Waals surface area contributed by atoms with E-state index in [1.54, 1.807) is 0 Å². The lowest BCUT2D eigenvalue weighted by Gasteiger charge is -2.62. The minimum atomic E-state index is -0.806. The minimum absolute atomic E-state index is 0.395. The maximum Gasteiger partial charge on any atom is 0.126 e. The number of hydrogen-bond donors (Lipinski definition) is 1. The molecule has 4 aliphatic rings. The van der Waals surface area contributed by atoms with E-state index in [1.165, 1.54) is 57.8 Å². The first kappa shape index (κ1) is 26.4. The van der Waals surface area contributed by atoms with Crippen molar-refractivity contribution < 1.29 is 5.11 Å². The Balaban J connectivity index is 1.27. The molecule has 4 aliphatic carbocycles. The molecule has 0 saturated heterocycles. The summed E-state index contributed by atoms with van der Waals surface area (Å²) < 4.78 is 0. The molecule has 0 heterocycles. The molecular formula is C35H52O. The normalized spacial score (nSPS) is 42.6. The summed E-state index contributed by atoms with van der Waals surface area (Å²) in [5.41, 5.74) is 1.17. The van der Waals surface area contributed by atoms with Crippen LogP contribution < -0.4 is 0 Å². The Morgan fingerprint density at radius 3 is 2.36 bits per heavy atom. The average Bonchev–Trinajstić information content (AvgIpc) is 3.21. The Kier molecular flexibility index (Phi) is 7.42. The lowest BCUT2D eigenvalue weighted by atomic mass is 9.43. The summed E-state index contributed by atoms with van der Waals surface area (Å²) in [6.45, 7) is 12.6. The van der Waals surface area contributed by atoms with Gasteiger partial charge in [0.05, 0.1) is 0 Å². The van der Waals surface area contributed by atoms with E-state index in [1.807, 2.05) is 30.3 Å². The van der Waals surface area contributed by atoms with Crippen molar-refractivity contribution in [3.8, 4) is 11.8 Å². The van der Waals surface area contributed by atoms with Gasteiger partial charge in [-0.3, -0.25) is 0 Å². The third-order valence-electron chi connectivity index (χ3n) is 12.1. The molecule has 0 amide bonds. The molecule has 1 nitrogen and oxygen atoms in total. The molecule has 0 aromatic heterocycles. The van der Waals surface area contributed by atoms with Crippen molar-refractivity contribution in [1.29, 1.82) is 0 Å². The molecule has 198 valence electrons. The van der Waals surface area contributed by atoms with E-state index in [0.717, 1.165) is 60.3 Å². The predicted octanol–water partition coefficient (Wildman–Crippen LogP) is 8.89. The van der Waals surface area contributed by atoms with E-state index in [0.29, 0.717) is 16.7 Å². The Morgan fingerprint density at radius 2 is 1.61 bits per heavy atom. The van der Waals surface area contributed by atoms with E-state index < -0.39 is 5.60 Å². The van der Waals surface area contributed by atoms with Crippen molar-refractivity contribution in [3.05, 3.63) is 35.9 Å². The van der Waals surface area contributed by atoms with E-state index >= 15 is 0 Å². The fraction of sp³-hybridized carbons (Fsp3) is 0.771. The zero-order valence-electron chi connectivity index (χ0n) is 23.9. The van der Waals surface area contributed by atoms with Crippen LogP contribution in [-0.4, -0.2) is 10.7 Å². The second-order valence-corrected chi connectivity index (χ2v) is 14.5. The molecular weight excluding hydrogens is 436 g/mol. The lowest BCUT2D eigenvalue weighted by molar-refractivity contribution is -0.140. The van der Waals surface area contributed by atoms with Gasteiger partial charge in [0, 0.05) is 5.56 Å². The molecule has 0 spiro atoms. The first-order valence-corrected chi connectivity index (χ1v) is 15.5. The highest BCUT2D eigenvalue weighted by Crippen LogP contribution is 2.68. The maximum atomic E-state index is 11.5. The Bertz CT molecular complexity index is 954. The van der Waals surface area contributed by atoms with Gasteiger partial charge in [-0.15, -0.1) is 0 Å². The van der Waals surface area contributed by atoms with Crippen molar-refractivity contribution in [3.63, 3.8) is 0 Å². The average molecular weight is 489 g/mol. The lowest BCUT2D eigenvalue weighted by Crippen LogP contribution is -2.55. The van der Waals surface area contributed by atoms with Crippen molar-refractivity contribution in [2.75, 3.05) is 0 Å². The third-order valence-corrected chi connectivity index (χ3v) is 12.1. The fourth-order valence-electron chi connectivity index (χ4n) is 10.1.